The van der Waals surface area contributed by atoms with Crippen molar-refractivity contribution >= 4 is 5.97 Å². The van der Waals surface area contributed by atoms with Gasteiger partial charge in [-0.05, 0) is 104 Å². The third kappa shape index (κ3) is 4.22. The Balaban J connectivity index is 1.48. The van der Waals surface area contributed by atoms with Crippen LogP contribution in [0.2, 0.25) is 0 Å². The van der Waals surface area contributed by atoms with E-state index in [0.717, 1.165) is 48.3 Å². The monoisotopic (exact) mass is 442 g/mol. The minimum atomic E-state index is -0.103. The number of allylic oxidation sites excluding steroid dienone is 2. The van der Waals surface area contributed by atoms with Crippen LogP contribution in [0.1, 0.15) is 113 Å². The van der Waals surface area contributed by atoms with Crippen LogP contribution in [0, 0.1) is 52.3 Å². The second kappa shape index (κ2) is 9.10. The highest BCUT2D eigenvalue weighted by molar-refractivity contribution is 5.66. The predicted molar refractivity (Wildman–Crippen MR) is 133 cm³/mol. The average molecular weight is 443 g/mol. The molecule has 0 N–H and O–H groups in total. The fourth-order valence-corrected chi connectivity index (χ4v) is 8.86. The lowest BCUT2D eigenvalue weighted by molar-refractivity contribution is -0.151. The fourth-order valence-electron chi connectivity index (χ4n) is 8.86. The van der Waals surface area contributed by atoms with Gasteiger partial charge in [-0.3, -0.25) is 4.79 Å². The molecular formula is C30H50O2. The number of carbonyl (C=O) groups is 1. The first-order chi connectivity index (χ1) is 15.1. The lowest BCUT2D eigenvalue weighted by atomic mass is 9.48. The van der Waals surface area contributed by atoms with Gasteiger partial charge in [0.2, 0.25) is 0 Å². The summed E-state index contributed by atoms with van der Waals surface area (Å²) < 4.78 is 5.64. The maximum Gasteiger partial charge on any atom is 0.302 e. The molecule has 5 unspecified atom stereocenters. The molecule has 3 fully saturated rings. The third-order valence-corrected chi connectivity index (χ3v) is 11.3. The minimum Gasteiger partial charge on any atom is -0.463 e. The van der Waals surface area contributed by atoms with Gasteiger partial charge in [0.25, 0.3) is 0 Å². The van der Waals surface area contributed by atoms with Crippen molar-refractivity contribution in [3.8, 4) is 0 Å². The fraction of sp³-hybridized carbons (Fsp3) is 0.900. The van der Waals surface area contributed by atoms with E-state index < -0.39 is 0 Å². The van der Waals surface area contributed by atoms with Crippen molar-refractivity contribution in [3.05, 3.63) is 11.6 Å². The molecule has 4 aliphatic rings. The highest BCUT2D eigenvalue weighted by Gasteiger charge is 2.57. The van der Waals surface area contributed by atoms with E-state index in [2.05, 4.69) is 47.6 Å². The molecule has 2 nitrogen and oxygen atoms in total. The van der Waals surface area contributed by atoms with Crippen molar-refractivity contribution in [2.75, 3.05) is 0 Å². The molecule has 182 valence electrons. The summed E-state index contributed by atoms with van der Waals surface area (Å²) in [6, 6.07) is 0. The molecule has 32 heavy (non-hydrogen) atoms. The summed E-state index contributed by atoms with van der Waals surface area (Å²) >= 11 is 0. The number of carbonyl (C=O) groups excluding carboxylic acids is 1. The van der Waals surface area contributed by atoms with E-state index in [1.54, 1.807) is 6.92 Å². The summed E-state index contributed by atoms with van der Waals surface area (Å²) in [5.41, 5.74) is 2.67. The Labute approximate surface area is 198 Å². The normalized spacial score (nSPS) is 43.0. The SMILES string of the molecule is CC(=O)OC1CCC2(C)C3=CCC4(C)C([C@H](C)CC[C@H](C)C(C)C)CCC4[C@H]3CC[C@H]2C1. The molecule has 0 spiro atoms. The van der Waals surface area contributed by atoms with Gasteiger partial charge < -0.3 is 4.74 Å². The molecule has 0 radical (unpaired) electrons. The summed E-state index contributed by atoms with van der Waals surface area (Å²) in [7, 11) is 0. The van der Waals surface area contributed by atoms with E-state index in [0.29, 0.717) is 16.7 Å². The zero-order valence-corrected chi connectivity index (χ0v) is 22.1. The quantitative estimate of drug-likeness (QED) is 0.306. The number of ether oxygens (including phenoxy) is 1. The average Bonchev–Trinajstić information content (AvgIpc) is 3.08. The maximum atomic E-state index is 11.5. The largest absolute Gasteiger partial charge is 0.463 e. The molecule has 0 heterocycles. The van der Waals surface area contributed by atoms with E-state index >= 15 is 0 Å². The molecule has 0 bridgehead atoms. The van der Waals surface area contributed by atoms with E-state index in [-0.39, 0.29) is 12.1 Å². The van der Waals surface area contributed by atoms with Crippen LogP contribution in [0.25, 0.3) is 0 Å². The standard InChI is InChI=1S/C30H50O2/c1-19(2)20(3)8-9-21(4)26-12-13-27-25-11-10-23-18-24(32-22(5)31)14-16-29(23,6)28(25)15-17-30(26,27)7/h15,19-21,23-27H,8-14,16-18H2,1-7H3/t20-,21+,23-,24?,25+,26?,27?,29?,30?/m0/s1. The van der Waals surface area contributed by atoms with E-state index in [1.807, 2.05) is 5.57 Å². The zero-order valence-electron chi connectivity index (χ0n) is 22.1. The number of hydrogen-bond acceptors (Lipinski definition) is 2. The lowest BCUT2D eigenvalue weighted by Gasteiger charge is -2.57. The third-order valence-electron chi connectivity index (χ3n) is 11.3. The van der Waals surface area contributed by atoms with Crippen LogP contribution in [-0.2, 0) is 9.53 Å². The van der Waals surface area contributed by atoms with Crippen molar-refractivity contribution in [1.82, 2.24) is 0 Å². The van der Waals surface area contributed by atoms with Crippen LogP contribution >= 0.6 is 0 Å². The second-order valence-electron chi connectivity index (χ2n) is 13.2. The van der Waals surface area contributed by atoms with E-state index in [1.165, 1.54) is 51.4 Å². The van der Waals surface area contributed by atoms with Gasteiger partial charge in [-0.25, -0.2) is 0 Å². The van der Waals surface area contributed by atoms with Crippen LogP contribution in [-0.4, -0.2) is 12.1 Å². The molecule has 0 amide bonds. The molecule has 0 aromatic rings. The van der Waals surface area contributed by atoms with E-state index in [9.17, 15) is 4.79 Å². The number of rotatable bonds is 6. The van der Waals surface area contributed by atoms with Crippen LogP contribution in [0.5, 0.6) is 0 Å². The summed E-state index contributed by atoms with van der Waals surface area (Å²) in [6.45, 7) is 16.6. The van der Waals surface area contributed by atoms with Gasteiger partial charge in [0.1, 0.15) is 6.10 Å². The van der Waals surface area contributed by atoms with Gasteiger partial charge >= 0.3 is 5.97 Å². The Kier molecular flexibility index (Phi) is 6.92. The van der Waals surface area contributed by atoms with Crippen molar-refractivity contribution < 1.29 is 9.53 Å². The smallest absolute Gasteiger partial charge is 0.302 e. The minimum absolute atomic E-state index is 0.103. The molecule has 0 aliphatic heterocycles. The molecule has 0 aromatic carbocycles. The zero-order chi connectivity index (χ0) is 23.3. The Morgan fingerprint density at radius 1 is 1.06 bits per heavy atom. The summed E-state index contributed by atoms with van der Waals surface area (Å²) in [5, 5.41) is 0. The van der Waals surface area contributed by atoms with Crippen LogP contribution < -0.4 is 0 Å². The van der Waals surface area contributed by atoms with Gasteiger partial charge in [0, 0.05) is 6.92 Å². The van der Waals surface area contributed by atoms with Crippen molar-refractivity contribution in [3.63, 3.8) is 0 Å². The predicted octanol–water partition coefficient (Wildman–Crippen LogP) is 8.21. The van der Waals surface area contributed by atoms with Crippen LogP contribution in [0.15, 0.2) is 11.6 Å². The first kappa shape index (κ1) is 24.3. The molecule has 0 aromatic heterocycles. The number of fused-ring (bicyclic) bond motifs is 5. The maximum absolute atomic E-state index is 11.5. The van der Waals surface area contributed by atoms with Gasteiger partial charge in [-0.1, -0.05) is 66.0 Å². The second-order valence-corrected chi connectivity index (χ2v) is 13.2. The molecule has 9 atom stereocenters. The summed E-state index contributed by atoms with van der Waals surface area (Å²) in [6.07, 6.45) is 15.9. The van der Waals surface area contributed by atoms with Crippen LogP contribution in [0.3, 0.4) is 0 Å². The molecule has 4 rings (SSSR count). The molecule has 4 aliphatic carbocycles. The molecular weight excluding hydrogens is 392 g/mol. The number of esters is 1. The van der Waals surface area contributed by atoms with Gasteiger partial charge in [0.05, 0.1) is 0 Å². The molecule has 0 saturated heterocycles. The van der Waals surface area contributed by atoms with Crippen molar-refractivity contribution in [1.29, 1.82) is 0 Å². The van der Waals surface area contributed by atoms with E-state index in [4.69, 9.17) is 4.74 Å². The lowest BCUT2D eigenvalue weighted by Crippen LogP contribution is -2.49. The van der Waals surface area contributed by atoms with Crippen molar-refractivity contribution in [2.24, 2.45) is 52.3 Å². The summed E-state index contributed by atoms with van der Waals surface area (Å²) in [4.78, 5) is 11.5. The van der Waals surface area contributed by atoms with Crippen LogP contribution in [0.4, 0.5) is 0 Å². The number of hydrogen-bond donors (Lipinski definition) is 0. The molecule has 2 heteroatoms. The Bertz CT molecular complexity index is 722. The summed E-state index contributed by atoms with van der Waals surface area (Å²) in [5.74, 6) is 5.70. The first-order valence-electron chi connectivity index (χ1n) is 13.9. The highest BCUT2D eigenvalue weighted by Crippen LogP contribution is 2.66. The van der Waals surface area contributed by atoms with Crippen molar-refractivity contribution in [2.45, 2.75) is 119 Å². The Hall–Kier alpha value is -0.790. The topological polar surface area (TPSA) is 26.3 Å². The highest BCUT2D eigenvalue weighted by atomic mass is 16.5. The van der Waals surface area contributed by atoms with Gasteiger partial charge in [-0.2, -0.15) is 0 Å². The Morgan fingerprint density at radius 2 is 1.81 bits per heavy atom. The molecule has 3 saturated carbocycles. The van der Waals surface area contributed by atoms with Gasteiger partial charge in [0.15, 0.2) is 0 Å². The Morgan fingerprint density at radius 3 is 2.50 bits per heavy atom. The van der Waals surface area contributed by atoms with Gasteiger partial charge in [-0.15, -0.1) is 0 Å². The first-order valence-corrected chi connectivity index (χ1v) is 13.9.